The van der Waals surface area contributed by atoms with Gasteiger partial charge in [0.15, 0.2) is 0 Å². The van der Waals surface area contributed by atoms with Gasteiger partial charge in [0, 0.05) is 11.0 Å². The van der Waals surface area contributed by atoms with E-state index in [9.17, 15) is 4.79 Å². The smallest absolute Gasteiger partial charge is 0.328 e. The molecule has 0 saturated carbocycles. The standard InChI is InChI=1S/C11H9NO2S2/c1-7-11(8-3-2-6-15-8)12-9(16-7)4-5-10(13)14/h2-6H,1H3,(H,13,14)/b5-4+. The summed E-state index contributed by atoms with van der Waals surface area (Å²) < 4.78 is 0. The molecule has 0 unspecified atom stereocenters. The third-order valence-electron chi connectivity index (χ3n) is 1.94. The van der Waals surface area contributed by atoms with Crippen LogP contribution in [0.4, 0.5) is 0 Å². The van der Waals surface area contributed by atoms with Gasteiger partial charge in [-0.25, -0.2) is 9.78 Å². The Morgan fingerprint density at radius 3 is 3.00 bits per heavy atom. The van der Waals surface area contributed by atoms with Crippen LogP contribution in [0.3, 0.4) is 0 Å². The van der Waals surface area contributed by atoms with Crippen LogP contribution in [0.1, 0.15) is 9.88 Å². The molecule has 0 aliphatic heterocycles. The summed E-state index contributed by atoms with van der Waals surface area (Å²) in [6.45, 7) is 1.99. The van der Waals surface area contributed by atoms with Crippen LogP contribution in [-0.2, 0) is 4.79 Å². The first-order valence-electron chi connectivity index (χ1n) is 4.59. The molecule has 5 heteroatoms. The lowest BCUT2D eigenvalue weighted by Gasteiger charge is -1.90. The minimum Gasteiger partial charge on any atom is -0.478 e. The van der Waals surface area contributed by atoms with E-state index in [1.807, 2.05) is 24.4 Å². The van der Waals surface area contributed by atoms with Crippen molar-refractivity contribution < 1.29 is 9.90 Å². The first-order valence-corrected chi connectivity index (χ1v) is 6.29. The monoisotopic (exact) mass is 251 g/mol. The number of nitrogens with zero attached hydrogens (tertiary/aromatic N) is 1. The second kappa shape index (κ2) is 4.59. The molecule has 0 fully saturated rings. The van der Waals surface area contributed by atoms with Crippen molar-refractivity contribution in [2.24, 2.45) is 0 Å². The molecule has 3 nitrogen and oxygen atoms in total. The SMILES string of the molecule is Cc1sc(/C=C/C(=O)O)nc1-c1cccs1. The van der Waals surface area contributed by atoms with Gasteiger partial charge in [0.05, 0.1) is 10.6 Å². The van der Waals surface area contributed by atoms with Gasteiger partial charge in [0.1, 0.15) is 5.01 Å². The van der Waals surface area contributed by atoms with E-state index < -0.39 is 5.97 Å². The Bertz CT molecular complexity index is 526. The molecule has 2 rings (SSSR count). The zero-order valence-corrected chi connectivity index (χ0v) is 10.1. The molecule has 0 radical (unpaired) electrons. The summed E-state index contributed by atoms with van der Waals surface area (Å²) in [5, 5.41) is 11.3. The highest BCUT2D eigenvalue weighted by atomic mass is 32.1. The second-order valence-electron chi connectivity index (χ2n) is 3.11. The van der Waals surface area contributed by atoms with Crippen molar-refractivity contribution >= 4 is 34.7 Å². The van der Waals surface area contributed by atoms with Crippen LogP contribution in [0, 0.1) is 6.92 Å². The van der Waals surface area contributed by atoms with Crippen LogP contribution in [-0.4, -0.2) is 16.1 Å². The average molecular weight is 251 g/mol. The Morgan fingerprint density at radius 2 is 2.38 bits per heavy atom. The van der Waals surface area contributed by atoms with E-state index >= 15 is 0 Å². The number of aryl methyl sites for hydroxylation is 1. The predicted octanol–water partition coefficient (Wildman–Crippen LogP) is 3.28. The summed E-state index contributed by atoms with van der Waals surface area (Å²) in [5.41, 5.74) is 0.949. The van der Waals surface area contributed by atoms with Crippen molar-refractivity contribution in [2.75, 3.05) is 0 Å². The van der Waals surface area contributed by atoms with Crippen molar-refractivity contribution in [3.63, 3.8) is 0 Å². The van der Waals surface area contributed by atoms with Gasteiger partial charge in [-0.2, -0.15) is 0 Å². The molecule has 2 heterocycles. The van der Waals surface area contributed by atoms with Gasteiger partial charge in [-0.1, -0.05) is 6.07 Å². The minimum atomic E-state index is -0.953. The van der Waals surface area contributed by atoms with Gasteiger partial charge in [0.2, 0.25) is 0 Å². The molecule has 0 aliphatic carbocycles. The zero-order valence-electron chi connectivity index (χ0n) is 8.51. The average Bonchev–Trinajstić information content (AvgIpc) is 2.83. The van der Waals surface area contributed by atoms with Gasteiger partial charge in [-0.15, -0.1) is 22.7 Å². The molecule has 0 bridgehead atoms. The van der Waals surface area contributed by atoms with E-state index in [0.717, 1.165) is 26.5 Å². The molecular weight excluding hydrogens is 242 g/mol. The first-order chi connectivity index (χ1) is 7.66. The predicted molar refractivity (Wildman–Crippen MR) is 66.8 cm³/mol. The number of aliphatic carboxylic acids is 1. The summed E-state index contributed by atoms with van der Waals surface area (Å²) >= 11 is 3.13. The van der Waals surface area contributed by atoms with Gasteiger partial charge in [-0.3, -0.25) is 0 Å². The van der Waals surface area contributed by atoms with Crippen LogP contribution >= 0.6 is 22.7 Å². The quantitative estimate of drug-likeness (QED) is 0.852. The van der Waals surface area contributed by atoms with E-state index in [0.29, 0.717) is 0 Å². The van der Waals surface area contributed by atoms with Crippen LogP contribution in [0.15, 0.2) is 23.6 Å². The van der Waals surface area contributed by atoms with E-state index in [1.165, 1.54) is 17.4 Å². The summed E-state index contributed by atoms with van der Waals surface area (Å²) in [5.74, 6) is -0.953. The summed E-state index contributed by atoms with van der Waals surface area (Å²) in [6, 6.07) is 3.99. The fourth-order valence-electron chi connectivity index (χ4n) is 1.27. The van der Waals surface area contributed by atoms with Crippen LogP contribution in [0.2, 0.25) is 0 Å². The normalized spacial score (nSPS) is 11.1. The minimum absolute atomic E-state index is 0.725. The van der Waals surface area contributed by atoms with Crippen LogP contribution in [0.25, 0.3) is 16.6 Å². The Kier molecular flexibility index (Phi) is 3.17. The molecule has 82 valence electrons. The molecule has 0 spiro atoms. The number of hydrogen-bond acceptors (Lipinski definition) is 4. The van der Waals surface area contributed by atoms with E-state index in [-0.39, 0.29) is 0 Å². The van der Waals surface area contributed by atoms with E-state index in [1.54, 1.807) is 11.3 Å². The fourth-order valence-corrected chi connectivity index (χ4v) is 2.95. The zero-order chi connectivity index (χ0) is 11.5. The Hall–Kier alpha value is -1.46. The number of thiazole rings is 1. The maximum absolute atomic E-state index is 10.4. The molecule has 2 aromatic rings. The lowest BCUT2D eigenvalue weighted by Crippen LogP contribution is -1.85. The second-order valence-corrected chi connectivity index (χ2v) is 5.29. The Balaban J connectivity index is 2.33. The molecular formula is C11H9NO2S2. The highest BCUT2D eigenvalue weighted by Gasteiger charge is 2.08. The molecule has 0 atom stereocenters. The third-order valence-corrected chi connectivity index (χ3v) is 3.75. The number of rotatable bonds is 3. The van der Waals surface area contributed by atoms with Crippen molar-refractivity contribution in [3.8, 4) is 10.6 Å². The van der Waals surface area contributed by atoms with Crippen LogP contribution in [0.5, 0.6) is 0 Å². The summed E-state index contributed by atoms with van der Waals surface area (Å²) in [7, 11) is 0. The highest BCUT2D eigenvalue weighted by molar-refractivity contribution is 7.15. The molecule has 1 N–H and O–H groups in total. The van der Waals surface area contributed by atoms with Crippen molar-refractivity contribution in [1.29, 1.82) is 0 Å². The lowest BCUT2D eigenvalue weighted by atomic mass is 10.3. The number of aromatic nitrogens is 1. The maximum Gasteiger partial charge on any atom is 0.328 e. The largest absolute Gasteiger partial charge is 0.478 e. The summed E-state index contributed by atoms with van der Waals surface area (Å²) in [4.78, 5) is 17.0. The number of carbonyl (C=O) groups is 1. The number of carboxylic acid groups (broad SMARTS) is 1. The molecule has 0 aromatic carbocycles. The lowest BCUT2D eigenvalue weighted by molar-refractivity contribution is -0.131. The van der Waals surface area contributed by atoms with Crippen molar-refractivity contribution in [2.45, 2.75) is 6.92 Å². The number of carboxylic acids is 1. The van der Waals surface area contributed by atoms with Crippen LogP contribution < -0.4 is 0 Å². The Morgan fingerprint density at radius 1 is 1.56 bits per heavy atom. The molecule has 16 heavy (non-hydrogen) atoms. The Labute approximate surface area is 101 Å². The fraction of sp³-hybridized carbons (Fsp3) is 0.0909. The first kappa shape index (κ1) is 11.0. The van der Waals surface area contributed by atoms with Gasteiger partial charge in [-0.05, 0) is 24.4 Å². The third kappa shape index (κ3) is 2.37. The molecule has 2 aromatic heterocycles. The van der Waals surface area contributed by atoms with E-state index in [2.05, 4.69) is 4.98 Å². The number of hydrogen-bond donors (Lipinski definition) is 1. The molecule has 0 amide bonds. The van der Waals surface area contributed by atoms with Crippen molar-refractivity contribution in [3.05, 3.63) is 33.5 Å². The van der Waals surface area contributed by atoms with Crippen molar-refractivity contribution in [1.82, 2.24) is 4.98 Å². The highest BCUT2D eigenvalue weighted by Crippen LogP contribution is 2.31. The van der Waals surface area contributed by atoms with Gasteiger partial charge < -0.3 is 5.11 Å². The van der Waals surface area contributed by atoms with Gasteiger partial charge in [0.25, 0.3) is 0 Å². The van der Waals surface area contributed by atoms with Gasteiger partial charge >= 0.3 is 5.97 Å². The van der Waals surface area contributed by atoms with E-state index in [4.69, 9.17) is 5.11 Å². The maximum atomic E-state index is 10.4. The summed E-state index contributed by atoms with van der Waals surface area (Å²) in [6.07, 6.45) is 2.63. The molecule has 0 aliphatic rings. The topological polar surface area (TPSA) is 50.2 Å². The number of thiophene rings is 1. The molecule has 0 saturated heterocycles.